The summed E-state index contributed by atoms with van der Waals surface area (Å²) in [6, 6.07) is 8.75. The molecule has 0 bridgehead atoms. The molecule has 5 heteroatoms. The molecule has 0 radical (unpaired) electrons. The van der Waals surface area contributed by atoms with Crippen molar-refractivity contribution in [3.8, 4) is 0 Å². The van der Waals surface area contributed by atoms with Gasteiger partial charge < -0.3 is 4.42 Å². The third-order valence-corrected chi connectivity index (χ3v) is 2.85. The van der Waals surface area contributed by atoms with Gasteiger partial charge in [-0.2, -0.15) is 0 Å². The van der Waals surface area contributed by atoms with Crippen LogP contribution in [0.1, 0.15) is 0 Å². The molecule has 0 saturated carbocycles. The molecule has 0 N–H and O–H groups in total. The summed E-state index contributed by atoms with van der Waals surface area (Å²) in [6.07, 6.45) is 0. The highest BCUT2D eigenvalue weighted by molar-refractivity contribution is 6.33. The first-order valence-corrected chi connectivity index (χ1v) is 5.53. The van der Waals surface area contributed by atoms with E-state index in [0.29, 0.717) is 16.6 Å². The van der Waals surface area contributed by atoms with Gasteiger partial charge in [0.25, 0.3) is 0 Å². The average Bonchev–Trinajstić information content (AvgIpc) is 2.32. The van der Waals surface area contributed by atoms with Crippen LogP contribution in [0.2, 0.25) is 5.15 Å². The summed E-state index contributed by atoms with van der Waals surface area (Å²) in [5.41, 5.74) is 2.15. The highest BCUT2D eigenvalue weighted by Gasteiger charge is 2.09. The van der Waals surface area contributed by atoms with Crippen LogP contribution in [-0.4, -0.2) is 12.8 Å². The molecule has 1 aromatic carbocycles. The first-order chi connectivity index (χ1) is 8.15. The quantitative estimate of drug-likeness (QED) is 0.339. The fraction of sp³-hybridized carbons (Fsp3) is 0. The summed E-state index contributed by atoms with van der Waals surface area (Å²) in [5.74, 6) is 0. The Morgan fingerprint density at radius 1 is 1.18 bits per heavy atom. The van der Waals surface area contributed by atoms with E-state index in [1.165, 1.54) is 0 Å². The van der Waals surface area contributed by atoms with Crippen LogP contribution in [0, 0.1) is 0 Å². The van der Waals surface area contributed by atoms with E-state index in [-0.39, 0.29) is 16.1 Å². The lowest BCUT2D eigenvalue weighted by Crippen LogP contribution is -2.08. The molecule has 0 fully saturated rings. The molecule has 3 aromatic rings. The number of hydrogen-bond acceptors (Lipinski definition) is 3. The van der Waals surface area contributed by atoms with Gasteiger partial charge in [-0.1, -0.05) is 29.2 Å². The molecule has 0 aliphatic carbocycles. The van der Waals surface area contributed by atoms with Crippen molar-refractivity contribution in [3.63, 3.8) is 0 Å². The summed E-state index contributed by atoms with van der Waals surface area (Å²) in [5, 5.41) is 0.823. The van der Waals surface area contributed by atoms with E-state index in [4.69, 9.17) is 16.0 Å². The first-order valence-electron chi connectivity index (χ1n) is 5.15. The molecular formula is C12H7BClNO2. The van der Waals surface area contributed by atoms with Crippen LogP contribution in [0.15, 0.2) is 39.5 Å². The first kappa shape index (κ1) is 10.4. The Bertz CT molecular complexity index is 734. The van der Waals surface area contributed by atoms with E-state index in [2.05, 4.69) is 4.98 Å². The third-order valence-electron chi connectivity index (χ3n) is 2.64. The van der Waals surface area contributed by atoms with Crippen molar-refractivity contribution < 1.29 is 4.42 Å². The van der Waals surface area contributed by atoms with Crippen LogP contribution in [0.3, 0.4) is 0 Å². The van der Waals surface area contributed by atoms with E-state index in [9.17, 15) is 4.79 Å². The van der Waals surface area contributed by atoms with Crippen LogP contribution >= 0.6 is 11.6 Å². The number of halogens is 1. The number of fused-ring (bicyclic) bond motifs is 2. The Kier molecular flexibility index (Phi) is 2.19. The summed E-state index contributed by atoms with van der Waals surface area (Å²) < 4.78 is 5.62. The molecule has 0 saturated heterocycles. The second-order valence-electron chi connectivity index (χ2n) is 3.91. The van der Waals surface area contributed by atoms with Gasteiger partial charge in [-0.3, -0.25) is 4.79 Å². The zero-order valence-electron chi connectivity index (χ0n) is 9.03. The molecule has 3 nitrogen and oxygen atoms in total. The standard InChI is InChI=1S/C12H7BClNO2/c13-6-1-2-8-7(5-6)12(16)11-9(17-8)3-4-10(14)15-11/h1-5H,13H2. The topological polar surface area (TPSA) is 43.1 Å². The Morgan fingerprint density at radius 2 is 1.94 bits per heavy atom. The van der Waals surface area contributed by atoms with Gasteiger partial charge in [0.05, 0.1) is 5.39 Å². The number of rotatable bonds is 0. The van der Waals surface area contributed by atoms with Gasteiger partial charge in [0.2, 0.25) is 5.43 Å². The Hall–Kier alpha value is -1.81. The largest absolute Gasteiger partial charge is 0.454 e. The maximum absolute atomic E-state index is 12.2. The molecule has 0 aliphatic heterocycles. The predicted octanol–water partition coefficient (Wildman–Crippen LogP) is 1.25. The van der Waals surface area contributed by atoms with E-state index < -0.39 is 0 Å². The summed E-state index contributed by atoms with van der Waals surface area (Å²) in [4.78, 5) is 16.2. The molecular weight excluding hydrogens is 236 g/mol. The maximum atomic E-state index is 12.2. The number of hydrogen-bond donors (Lipinski definition) is 0. The van der Waals surface area contributed by atoms with Crippen molar-refractivity contribution in [1.29, 1.82) is 0 Å². The SMILES string of the molecule is Bc1ccc2oc3ccc(Cl)nc3c(=O)c2c1. The summed E-state index contributed by atoms with van der Waals surface area (Å²) in [7, 11) is 1.93. The lowest BCUT2D eigenvalue weighted by atomic mass is 9.95. The van der Waals surface area contributed by atoms with E-state index in [0.717, 1.165) is 5.46 Å². The minimum absolute atomic E-state index is 0.146. The van der Waals surface area contributed by atoms with Gasteiger partial charge in [0.1, 0.15) is 18.6 Å². The molecule has 0 amide bonds. The lowest BCUT2D eigenvalue weighted by Gasteiger charge is -2.01. The highest BCUT2D eigenvalue weighted by atomic mass is 35.5. The van der Waals surface area contributed by atoms with Crippen molar-refractivity contribution in [2.45, 2.75) is 0 Å². The monoisotopic (exact) mass is 243 g/mol. The minimum atomic E-state index is -0.146. The zero-order chi connectivity index (χ0) is 12.0. The molecule has 0 aliphatic rings. The molecule has 0 spiro atoms. The molecule has 17 heavy (non-hydrogen) atoms. The molecule has 2 heterocycles. The van der Waals surface area contributed by atoms with Gasteiger partial charge in [0, 0.05) is 0 Å². The van der Waals surface area contributed by atoms with E-state index in [1.54, 1.807) is 24.3 Å². The van der Waals surface area contributed by atoms with Gasteiger partial charge >= 0.3 is 0 Å². The third kappa shape index (κ3) is 1.61. The molecule has 0 atom stereocenters. The van der Waals surface area contributed by atoms with Gasteiger partial charge in [-0.05, 0) is 18.2 Å². The van der Waals surface area contributed by atoms with Crippen LogP contribution < -0.4 is 10.9 Å². The number of pyridine rings is 1. The van der Waals surface area contributed by atoms with Crippen molar-refractivity contribution in [1.82, 2.24) is 4.98 Å². The molecule has 82 valence electrons. The van der Waals surface area contributed by atoms with Crippen LogP contribution in [0.5, 0.6) is 0 Å². The Balaban J connectivity index is 2.58. The number of aromatic nitrogens is 1. The van der Waals surface area contributed by atoms with Crippen LogP contribution in [0.4, 0.5) is 0 Å². The van der Waals surface area contributed by atoms with Crippen LogP contribution in [0.25, 0.3) is 22.1 Å². The summed E-state index contributed by atoms with van der Waals surface area (Å²) >= 11 is 5.78. The maximum Gasteiger partial charge on any atom is 0.218 e. The second kappa shape index (κ2) is 3.60. The molecule has 2 aromatic heterocycles. The van der Waals surface area contributed by atoms with Crippen molar-refractivity contribution in [3.05, 3.63) is 45.7 Å². The Labute approximate surface area is 102 Å². The Morgan fingerprint density at radius 3 is 2.76 bits per heavy atom. The van der Waals surface area contributed by atoms with Crippen molar-refractivity contribution in [2.75, 3.05) is 0 Å². The average molecular weight is 243 g/mol. The van der Waals surface area contributed by atoms with Gasteiger partial charge in [-0.15, -0.1) is 0 Å². The zero-order valence-corrected chi connectivity index (χ0v) is 9.78. The van der Waals surface area contributed by atoms with E-state index >= 15 is 0 Å². The van der Waals surface area contributed by atoms with Gasteiger partial charge in [-0.25, -0.2) is 4.98 Å². The highest BCUT2D eigenvalue weighted by Crippen LogP contribution is 2.17. The van der Waals surface area contributed by atoms with Gasteiger partial charge in [0.15, 0.2) is 11.1 Å². The summed E-state index contributed by atoms with van der Waals surface area (Å²) in [6.45, 7) is 0. The molecule has 3 rings (SSSR count). The molecule has 0 unspecified atom stereocenters. The van der Waals surface area contributed by atoms with E-state index in [1.807, 2.05) is 13.9 Å². The lowest BCUT2D eigenvalue weighted by molar-refractivity contribution is 0.658. The minimum Gasteiger partial charge on any atom is -0.454 e. The second-order valence-corrected chi connectivity index (χ2v) is 4.30. The number of benzene rings is 1. The number of nitrogens with zero attached hydrogens (tertiary/aromatic N) is 1. The predicted molar refractivity (Wildman–Crippen MR) is 71.0 cm³/mol. The van der Waals surface area contributed by atoms with Crippen LogP contribution in [-0.2, 0) is 0 Å². The van der Waals surface area contributed by atoms with Crippen molar-refractivity contribution >= 4 is 47.0 Å². The smallest absolute Gasteiger partial charge is 0.218 e. The normalized spacial score (nSPS) is 11.1. The fourth-order valence-corrected chi connectivity index (χ4v) is 1.97. The van der Waals surface area contributed by atoms with Crippen molar-refractivity contribution in [2.24, 2.45) is 0 Å². The fourth-order valence-electron chi connectivity index (χ4n) is 1.82.